The van der Waals surface area contributed by atoms with Gasteiger partial charge in [0.25, 0.3) is 0 Å². The van der Waals surface area contributed by atoms with E-state index in [1.54, 1.807) is 0 Å². The van der Waals surface area contributed by atoms with E-state index in [1.165, 1.54) is 6.33 Å². The van der Waals surface area contributed by atoms with Crippen molar-refractivity contribution in [1.82, 2.24) is 24.6 Å². The topological polar surface area (TPSA) is 177 Å². The van der Waals surface area contributed by atoms with Crippen molar-refractivity contribution < 1.29 is 56.0 Å². The van der Waals surface area contributed by atoms with Crippen molar-refractivity contribution >= 4 is 40.4 Å². The van der Waals surface area contributed by atoms with E-state index >= 15 is 0 Å². The van der Waals surface area contributed by atoms with Crippen LogP contribution in [0.4, 0.5) is 32.2 Å². The van der Waals surface area contributed by atoms with Gasteiger partial charge >= 0.3 is 24.3 Å². The van der Waals surface area contributed by atoms with Crippen molar-refractivity contribution in [1.29, 1.82) is 0 Å². The average molecular weight is 687 g/mol. The van der Waals surface area contributed by atoms with Gasteiger partial charge in [-0.25, -0.2) is 24.2 Å². The molecule has 1 aliphatic heterocycles. The molecule has 2 aromatic heterocycles. The summed E-state index contributed by atoms with van der Waals surface area (Å²) < 4.78 is 71.6. The maximum absolute atomic E-state index is 10.6. The second-order valence-corrected chi connectivity index (χ2v) is 10.7. The summed E-state index contributed by atoms with van der Waals surface area (Å²) in [5.74, 6) is -3.92. The van der Waals surface area contributed by atoms with Crippen molar-refractivity contribution in [2.75, 3.05) is 32.0 Å². The highest BCUT2D eigenvalue weighted by atomic mass is 35.5. The lowest BCUT2D eigenvalue weighted by Gasteiger charge is -2.42. The summed E-state index contributed by atoms with van der Waals surface area (Å²) in [5.41, 5.74) is 10.7. The first-order chi connectivity index (χ1) is 21.1. The summed E-state index contributed by atoms with van der Waals surface area (Å²) in [7, 11) is 0. The molecule has 19 heteroatoms. The van der Waals surface area contributed by atoms with Gasteiger partial charge in [-0.2, -0.15) is 31.4 Å². The molecule has 3 heterocycles. The monoisotopic (exact) mass is 686 g/mol. The van der Waals surface area contributed by atoms with E-state index < -0.39 is 24.3 Å². The van der Waals surface area contributed by atoms with Crippen LogP contribution in [0.15, 0.2) is 12.4 Å². The molecular formula is C27H33ClF6N6O6. The molecule has 1 aliphatic rings. The van der Waals surface area contributed by atoms with Gasteiger partial charge in [0.2, 0.25) is 0 Å². The fourth-order valence-electron chi connectivity index (χ4n) is 4.72. The molecule has 46 heavy (non-hydrogen) atoms. The molecule has 2 unspecified atom stereocenters. The highest BCUT2D eigenvalue weighted by molar-refractivity contribution is 6.31. The van der Waals surface area contributed by atoms with E-state index in [0.29, 0.717) is 35.6 Å². The number of aryl methyl sites for hydroxylation is 1. The first-order valence-corrected chi connectivity index (χ1v) is 13.9. The second-order valence-electron chi connectivity index (χ2n) is 10.3. The number of hydrogen-bond acceptors (Lipinski definition) is 9. The van der Waals surface area contributed by atoms with Crippen molar-refractivity contribution in [3.63, 3.8) is 0 Å². The molecule has 0 saturated carbocycles. The van der Waals surface area contributed by atoms with Crippen LogP contribution in [-0.2, 0) is 9.59 Å². The molecule has 0 amide bonds. The SMILES string of the molecule is CCOc1c(C(C)n2nc(C)c3c(N)ncnc32)cc(Cl)c(C)c1C1CN(CC(C)O)C1.O=C(O)C(F)(F)F.O=C(O)C(F)(F)F. The highest BCUT2D eigenvalue weighted by Crippen LogP contribution is 2.44. The molecule has 1 aromatic carbocycles. The molecule has 5 N–H and O–H groups in total. The van der Waals surface area contributed by atoms with Crippen LogP contribution in [0, 0.1) is 13.8 Å². The van der Waals surface area contributed by atoms with Gasteiger partial charge in [-0.05, 0) is 46.2 Å². The Bertz CT molecular complexity index is 1520. The fourth-order valence-corrected chi connectivity index (χ4v) is 4.94. The number of aliphatic carboxylic acids is 2. The molecule has 3 aromatic rings. The van der Waals surface area contributed by atoms with Gasteiger partial charge in [-0.3, -0.25) is 4.90 Å². The third-order valence-electron chi connectivity index (χ3n) is 6.72. The van der Waals surface area contributed by atoms with Crippen LogP contribution in [0.1, 0.15) is 55.1 Å². The van der Waals surface area contributed by atoms with E-state index in [0.717, 1.165) is 46.6 Å². The third kappa shape index (κ3) is 9.32. The van der Waals surface area contributed by atoms with E-state index in [4.69, 9.17) is 47.0 Å². The van der Waals surface area contributed by atoms with Gasteiger partial charge in [-0.15, -0.1) is 0 Å². The predicted molar refractivity (Wildman–Crippen MR) is 154 cm³/mol. The van der Waals surface area contributed by atoms with Crippen LogP contribution in [0.5, 0.6) is 5.75 Å². The van der Waals surface area contributed by atoms with Crippen LogP contribution >= 0.6 is 11.6 Å². The molecule has 0 radical (unpaired) electrons. The Morgan fingerprint density at radius 3 is 2.07 bits per heavy atom. The Balaban J connectivity index is 0.000000440. The number of aliphatic hydroxyl groups is 1. The summed E-state index contributed by atoms with van der Waals surface area (Å²) in [4.78, 5) is 28.6. The van der Waals surface area contributed by atoms with Crippen LogP contribution < -0.4 is 10.5 Å². The Labute approximate surface area is 263 Å². The van der Waals surface area contributed by atoms with Crippen LogP contribution in [-0.4, -0.2) is 96.6 Å². The van der Waals surface area contributed by atoms with Crippen molar-refractivity contribution in [2.45, 2.75) is 65.0 Å². The summed E-state index contributed by atoms with van der Waals surface area (Å²) in [6, 6.07) is 1.81. The zero-order valence-corrected chi connectivity index (χ0v) is 26.0. The van der Waals surface area contributed by atoms with E-state index in [9.17, 15) is 31.4 Å². The molecular weight excluding hydrogens is 654 g/mol. The van der Waals surface area contributed by atoms with Crippen LogP contribution in [0.25, 0.3) is 11.0 Å². The van der Waals surface area contributed by atoms with Crippen molar-refractivity contribution in [3.05, 3.63) is 39.8 Å². The standard InChI is InChI=1S/C23H31ClN6O2.2C2HF3O2/c1-6-32-21-17(15(5)30-23-20(14(4)28-30)22(25)26-11-27-23)7-18(24)13(3)19(21)16-9-29(10-16)8-12(2)31;2*3-2(4,5)1(6)7/h7,11-12,15-16,31H,6,8-10H2,1-5H3,(H2,25,26,27);2*(H,6,7). The number of aliphatic hydroxyl groups excluding tert-OH is 1. The molecule has 1 saturated heterocycles. The minimum atomic E-state index is -5.08. The van der Waals surface area contributed by atoms with Gasteiger partial charge in [0.1, 0.15) is 17.9 Å². The number of nitrogen functional groups attached to an aromatic ring is 1. The van der Waals surface area contributed by atoms with E-state index in [1.807, 2.05) is 38.4 Å². The number of ether oxygens (including phenoxy) is 1. The van der Waals surface area contributed by atoms with Crippen molar-refractivity contribution in [2.24, 2.45) is 0 Å². The minimum absolute atomic E-state index is 0.174. The molecule has 1 fully saturated rings. The van der Waals surface area contributed by atoms with Gasteiger partial charge in [0, 0.05) is 41.7 Å². The van der Waals surface area contributed by atoms with E-state index in [-0.39, 0.29) is 12.1 Å². The number of carboxylic acid groups (broad SMARTS) is 2. The molecule has 0 spiro atoms. The number of fused-ring (bicyclic) bond motifs is 1. The number of nitrogens with zero attached hydrogens (tertiary/aromatic N) is 5. The normalized spacial score (nSPS) is 15.2. The number of nitrogens with two attached hydrogens (primary N) is 1. The minimum Gasteiger partial charge on any atom is -0.493 e. The molecule has 256 valence electrons. The lowest BCUT2D eigenvalue weighted by atomic mass is 9.85. The summed E-state index contributed by atoms with van der Waals surface area (Å²) >= 11 is 6.73. The van der Waals surface area contributed by atoms with Gasteiger partial charge in [-0.1, -0.05) is 11.6 Å². The fraction of sp³-hybridized carbons (Fsp3) is 0.519. The van der Waals surface area contributed by atoms with Gasteiger partial charge < -0.3 is 25.8 Å². The number of hydrogen-bond donors (Lipinski definition) is 4. The maximum atomic E-state index is 10.6. The highest BCUT2D eigenvalue weighted by Gasteiger charge is 2.39. The zero-order valence-electron chi connectivity index (χ0n) is 25.2. The Hall–Kier alpha value is -3.90. The molecule has 0 aliphatic carbocycles. The first-order valence-electron chi connectivity index (χ1n) is 13.5. The number of halogens is 7. The molecule has 2 atom stereocenters. The number of β-amino-alcohol motifs (C(OH)–C–C–N with tert-alkyl or cyclic N) is 1. The number of carbonyl (C=O) groups is 2. The summed E-state index contributed by atoms with van der Waals surface area (Å²) in [6.45, 7) is 12.8. The van der Waals surface area contributed by atoms with Crippen LogP contribution in [0.2, 0.25) is 5.02 Å². The number of likely N-dealkylation sites (tertiary alicyclic amines) is 1. The smallest absolute Gasteiger partial charge is 0.490 e. The number of rotatable bonds is 7. The first kappa shape index (κ1) is 38.3. The molecule has 4 rings (SSSR count). The van der Waals surface area contributed by atoms with Gasteiger partial charge in [0.15, 0.2) is 5.65 Å². The van der Waals surface area contributed by atoms with Crippen LogP contribution in [0.3, 0.4) is 0 Å². The Morgan fingerprint density at radius 1 is 1.09 bits per heavy atom. The summed E-state index contributed by atoms with van der Waals surface area (Å²) in [5, 5.41) is 30.2. The Kier molecular flexibility index (Phi) is 12.6. The van der Waals surface area contributed by atoms with Crippen molar-refractivity contribution in [3.8, 4) is 5.75 Å². The predicted octanol–water partition coefficient (Wildman–Crippen LogP) is 4.73. The Morgan fingerprint density at radius 2 is 1.61 bits per heavy atom. The third-order valence-corrected chi connectivity index (χ3v) is 7.12. The zero-order chi connectivity index (χ0) is 35.3. The number of alkyl halides is 6. The summed E-state index contributed by atoms with van der Waals surface area (Å²) in [6.07, 6.45) is -9.05. The maximum Gasteiger partial charge on any atom is 0.490 e. The largest absolute Gasteiger partial charge is 0.493 e. The number of aromatic nitrogens is 4. The average Bonchev–Trinajstić information content (AvgIpc) is 3.25. The lowest BCUT2D eigenvalue weighted by Crippen LogP contribution is -2.48. The number of anilines is 1. The number of carboxylic acids is 2. The molecule has 0 bridgehead atoms. The quantitative estimate of drug-likeness (QED) is 0.253. The van der Waals surface area contributed by atoms with Gasteiger partial charge in [0.05, 0.1) is 29.8 Å². The molecule has 12 nitrogen and oxygen atoms in total. The second kappa shape index (κ2) is 15.1. The number of benzene rings is 1. The van der Waals surface area contributed by atoms with E-state index in [2.05, 4.69) is 21.8 Å². The lowest BCUT2D eigenvalue weighted by molar-refractivity contribution is -0.193.